The van der Waals surface area contributed by atoms with Gasteiger partial charge in [0.1, 0.15) is 0 Å². The van der Waals surface area contributed by atoms with E-state index in [0.29, 0.717) is 6.04 Å². The van der Waals surface area contributed by atoms with Crippen molar-refractivity contribution < 1.29 is 0 Å². The Morgan fingerprint density at radius 3 is 2.71 bits per heavy atom. The lowest BCUT2D eigenvalue weighted by molar-refractivity contribution is 0.437. The van der Waals surface area contributed by atoms with Crippen LogP contribution in [0.25, 0.3) is 0 Å². The smallest absolute Gasteiger partial charge is 0.0897 e. The molecule has 0 saturated heterocycles. The quantitative estimate of drug-likeness (QED) is 0.722. The number of nitrogens with one attached hydrogen (secondary N) is 1. The third-order valence-corrected chi connectivity index (χ3v) is 3.79. The Morgan fingerprint density at radius 1 is 1.29 bits per heavy atom. The summed E-state index contributed by atoms with van der Waals surface area (Å²) in [6.45, 7) is 7.73. The fourth-order valence-corrected chi connectivity index (χ4v) is 2.75. The number of aryl methyl sites for hydroxylation is 2. The van der Waals surface area contributed by atoms with E-state index in [1.54, 1.807) is 11.3 Å². The largest absolute Gasteiger partial charge is 0.314 e. The molecule has 0 bridgehead atoms. The van der Waals surface area contributed by atoms with E-state index in [1.165, 1.54) is 42.8 Å². The molecule has 0 saturated carbocycles. The maximum atomic E-state index is 4.51. The van der Waals surface area contributed by atoms with Crippen molar-refractivity contribution in [2.24, 2.45) is 0 Å². The van der Waals surface area contributed by atoms with Crippen molar-refractivity contribution in [3.63, 3.8) is 0 Å². The summed E-state index contributed by atoms with van der Waals surface area (Å²) in [5.41, 5.74) is 1.28. The standard InChI is InChI=1S/C14H26N2S/c1-4-7-13(15-10-5-2)8-6-9-14-11-17-12(3)16-14/h11,13,15H,4-10H2,1-3H3. The highest BCUT2D eigenvalue weighted by Crippen LogP contribution is 2.12. The topological polar surface area (TPSA) is 24.9 Å². The molecule has 1 aromatic rings. The summed E-state index contributed by atoms with van der Waals surface area (Å²) in [5, 5.41) is 7.03. The minimum absolute atomic E-state index is 0.708. The molecule has 17 heavy (non-hydrogen) atoms. The monoisotopic (exact) mass is 254 g/mol. The Bertz CT molecular complexity index is 296. The number of nitrogens with zero attached hydrogens (tertiary/aromatic N) is 1. The van der Waals surface area contributed by atoms with E-state index >= 15 is 0 Å². The summed E-state index contributed by atoms with van der Waals surface area (Å²) in [4.78, 5) is 4.51. The first-order valence-electron chi connectivity index (χ1n) is 6.90. The van der Waals surface area contributed by atoms with Gasteiger partial charge in [0.15, 0.2) is 0 Å². The Balaban J connectivity index is 2.21. The zero-order valence-corrected chi connectivity index (χ0v) is 12.3. The molecule has 0 aliphatic rings. The Morgan fingerprint density at radius 2 is 2.12 bits per heavy atom. The lowest BCUT2D eigenvalue weighted by Gasteiger charge is -2.17. The molecule has 1 N–H and O–H groups in total. The molecular formula is C14H26N2S. The molecule has 0 aliphatic heterocycles. The van der Waals surface area contributed by atoms with Crippen LogP contribution in [0.2, 0.25) is 0 Å². The van der Waals surface area contributed by atoms with Crippen LogP contribution >= 0.6 is 11.3 Å². The van der Waals surface area contributed by atoms with Crippen LogP contribution in [0.3, 0.4) is 0 Å². The summed E-state index contributed by atoms with van der Waals surface area (Å²) in [7, 11) is 0. The summed E-state index contributed by atoms with van der Waals surface area (Å²) in [6.07, 6.45) is 7.48. The van der Waals surface area contributed by atoms with Gasteiger partial charge in [-0.1, -0.05) is 20.3 Å². The predicted octanol–water partition coefficient (Wildman–Crippen LogP) is 3.94. The molecule has 0 amide bonds. The molecule has 3 heteroatoms. The molecule has 1 unspecified atom stereocenters. The van der Waals surface area contributed by atoms with Crippen molar-refractivity contribution in [1.82, 2.24) is 10.3 Å². The Labute approximate surface area is 110 Å². The molecule has 0 spiro atoms. The fourth-order valence-electron chi connectivity index (χ4n) is 2.10. The highest BCUT2D eigenvalue weighted by atomic mass is 32.1. The number of aromatic nitrogens is 1. The normalized spacial score (nSPS) is 12.9. The van der Waals surface area contributed by atoms with Gasteiger partial charge >= 0.3 is 0 Å². The average Bonchev–Trinajstić information content (AvgIpc) is 2.72. The van der Waals surface area contributed by atoms with E-state index in [4.69, 9.17) is 0 Å². The van der Waals surface area contributed by atoms with Crippen molar-refractivity contribution in [2.75, 3.05) is 6.54 Å². The van der Waals surface area contributed by atoms with Gasteiger partial charge in [0.25, 0.3) is 0 Å². The third kappa shape index (κ3) is 6.18. The van der Waals surface area contributed by atoms with E-state index in [9.17, 15) is 0 Å². The van der Waals surface area contributed by atoms with Gasteiger partial charge in [-0.05, 0) is 45.6 Å². The van der Waals surface area contributed by atoms with Crippen molar-refractivity contribution in [2.45, 2.75) is 65.3 Å². The Kier molecular flexibility index (Phi) is 7.45. The molecule has 1 atom stereocenters. The molecule has 0 aromatic carbocycles. The van der Waals surface area contributed by atoms with Crippen molar-refractivity contribution in [1.29, 1.82) is 0 Å². The van der Waals surface area contributed by atoms with E-state index in [0.717, 1.165) is 13.0 Å². The molecule has 1 rings (SSSR count). The number of hydrogen-bond donors (Lipinski definition) is 1. The molecular weight excluding hydrogens is 228 g/mol. The minimum Gasteiger partial charge on any atom is -0.314 e. The summed E-state index contributed by atoms with van der Waals surface area (Å²) < 4.78 is 0. The maximum absolute atomic E-state index is 4.51. The van der Waals surface area contributed by atoms with Crippen molar-refractivity contribution in [3.05, 3.63) is 16.1 Å². The summed E-state index contributed by atoms with van der Waals surface area (Å²) in [5.74, 6) is 0. The minimum atomic E-state index is 0.708. The van der Waals surface area contributed by atoms with Crippen LogP contribution in [0.1, 0.15) is 56.7 Å². The molecule has 1 heterocycles. The molecule has 0 radical (unpaired) electrons. The molecule has 2 nitrogen and oxygen atoms in total. The second kappa shape index (κ2) is 8.65. The predicted molar refractivity (Wildman–Crippen MR) is 76.8 cm³/mol. The lowest BCUT2D eigenvalue weighted by atomic mass is 10.0. The van der Waals surface area contributed by atoms with Crippen LogP contribution in [0.5, 0.6) is 0 Å². The highest BCUT2D eigenvalue weighted by Gasteiger charge is 2.07. The highest BCUT2D eigenvalue weighted by molar-refractivity contribution is 7.09. The van der Waals surface area contributed by atoms with Gasteiger partial charge in [0.05, 0.1) is 10.7 Å². The molecule has 1 aromatic heterocycles. The number of rotatable bonds is 9. The van der Waals surface area contributed by atoms with Gasteiger partial charge in [0.2, 0.25) is 0 Å². The lowest BCUT2D eigenvalue weighted by Crippen LogP contribution is -2.29. The summed E-state index contributed by atoms with van der Waals surface area (Å²) in [6, 6.07) is 0.708. The molecule has 0 aliphatic carbocycles. The molecule has 98 valence electrons. The van der Waals surface area contributed by atoms with E-state index in [1.807, 2.05) is 0 Å². The van der Waals surface area contributed by atoms with E-state index in [2.05, 4.69) is 36.5 Å². The summed E-state index contributed by atoms with van der Waals surface area (Å²) >= 11 is 1.76. The zero-order chi connectivity index (χ0) is 12.5. The Hall–Kier alpha value is -0.410. The van der Waals surface area contributed by atoms with Crippen LogP contribution in [0, 0.1) is 6.92 Å². The van der Waals surface area contributed by atoms with Gasteiger partial charge in [-0.2, -0.15) is 0 Å². The van der Waals surface area contributed by atoms with Gasteiger partial charge in [0, 0.05) is 11.4 Å². The number of thiazole rings is 1. The number of hydrogen-bond acceptors (Lipinski definition) is 3. The SMILES string of the molecule is CCCNC(CCC)CCCc1csc(C)n1. The molecule has 0 fully saturated rings. The first-order valence-corrected chi connectivity index (χ1v) is 7.78. The van der Waals surface area contributed by atoms with Crippen LogP contribution in [-0.4, -0.2) is 17.6 Å². The van der Waals surface area contributed by atoms with Crippen LogP contribution in [0.15, 0.2) is 5.38 Å². The van der Waals surface area contributed by atoms with Gasteiger partial charge in [-0.3, -0.25) is 0 Å². The first kappa shape index (κ1) is 14.7. The van der Waals surface area contributed by atoms with Crippen molar-refractivity contribution in [3.8, 4) is 0 Å². The first-order chi connectivity index (χ1) is 8.26. The van der Waals surface area contributed by atoms with Crippen LogP contribution in [-0.2, 0) is 6.42 Å². The van der Waals surface area contributed by atoms with E-state index in [-0.39, 0.29) is 0 Å². The second-order valence-corrected chi connectivity index (χ2v) is 5.75. The van der Waals surface area contributed by atoms with Crippen molar-refractivity contribution >= 4 is 11.3 Å². The van der Waals surface area contributed by atoms with E-state index < -0.39 is 0 Å². The van der Waals surface area contributed by atoms with Gasteiger partial charge < -0.3 is 5.32 Å². The van der Waals surface area contributed by atoms with Crippen LogP contribution < -0.4 is 5.32 Å². The zero-order valence-electron chi connectivity index (χ0n) is 11.5. The fraction of sp³-hybridized carbons (Fsp3) is 0.786. The third-order valence-electron chi connectivity index (χ3n) is 2.97. The van der Waals surface area contributed by atoms with Gasteiger partial charge in [-0.15, -0.1) is 11.3 Å². The van der Waals surface area contributed by atoms with Crippen LogP contribution in [0.4, 0.5) is 0 Å². The maximum Gasteiger partial charge on any atom is 0.0897 e. The second-order valence-electron chi connectivity index (χ2n) is 4.69. The average molecular weight is 254 g/mol. The van der Waals surface area contributed by atoms with Gasteiger partial charge in [-0.25, -0.2) is 4.98 Å².